The summed E-state index contributed by atoms with van der Waals surface area (Å²) in [7, 11) is 0. The van der Waals surface area contributed by atoms with Crippen molar-refractivity contribution >= 4 is 34.8 Å². The zero-order chi connectivity index (χ0) is 28.5. The largest absolute Gasteiger partial charge is 0.352 e. The summed E-state index contributed by atoms with van der Waals surface area (Å²) in [5.74, 6) is -3.21. The van der Waals surface area contributed by atoms with Crippen LogP contribution in [-0.2, 0) is 0 Å². The van der Waals surface area contributed by atoms with Crippen LogP contribution in [0.25, 0.3) is 6.08 Å². The van der Waals surface area contributed by atoms with Crippen molar-refractivity contribution in [3.05, 3.63) is 147 Å². The third kappa shape index (κ3) is 3.27. The molecule has 0 aromatic heterocycles. The van der Waals surface area contributed by atoms with Crippen LogP contribution in [0.4, 0.5) is 15.8 Å². The van der Waals surface area contributed by atoms with Gasteiger partial charge in [0, 0.05) is 40.4 Å². The summed E-state index contributed by atoms with van der Waals surface area (Å²) in [6.45, 7) is 0. The highest BCUT2D eigenvalue weighted by Gasteiger charge is 2.71. The molecule has 8 heteroatoms. The summed E-state index contributed by atoms with van der Waals surface area (Å²) in [4.78, 5) is 56.1. The number of benzene rings is 4. The number of anilines is 1. The first-order valence-corrected chi connectivity index (χ1v) is 13.1. The average Bonchev–Trinajstić information content (AvgIpc) is 3.43. The molecule has 4 aromatic rings. The lowest BCUT2D eigenvalue weighted by Gasteiger charge is -2.37. The number of nitro groups is 1. The van der Waals surface area contributed by atoms with E-state index in [9.17, 15) is 24.5 Å². The van der Waals surface area contributed by atoms with Crippen LogP contribution in [0.15, 0.2) is 103 Å². The maximum absolute atomic E-state index is 15.8. The molecule has 4 aromatic carbocycles. The fourth-order valence-electron chi connectivity index (χ4n) is 6.91. The number of non-ortho nitro benzene ring substituents is 1. The predicted molar refractivity (Wildman–Crippen MR) is 150 cm³/mol. The Morgan fingerprint density at radius 3 is 2.10 bits per heavy atom. The molecule has 2 heterocycles. The number of para-hydroxylation sites is 1. The lowest BCUT2D eigenvalue weighted by atomic mass is 9.64. The van der Waals surface area contributed by atoms with Gasteiger partial charge in [-0.1, -0.05) is 72.8 Å². The van der Waals surface area contributed by atoms with Crippen molar-refractivity contribution in [1.29, 1.82) is 0 Å². The zero-order valence-corrected chi connectivity index (χ0v) is 21.4. The van der Waals surface area contributed by atoms with E-state index in [4.69, 9.17) is 0 Å². The van der Waals surface area contributed by atoms with Gasteiger partial charge in [0.25, 0.3) is 5.69 Å². The molecule has 2 aliphatic heterocycles. The number of halogens is 1. The minimum atomic E-state index is -1.82. The molecule has 7 rings (SSSR count). The molecule has 1 aliphatic carbocycles. The van der Waals surface area contributed by atoms with Crippen LogP contribution in [0.1, 0.15) is 48.1 Å². The van der Waals surface area contributed by atoms with Crippen molar-refractivity contribution in [1.82, 2.24) is 0 Å². The van der Waals surface area contributed by atoms with Crippen molar-refractivity contribution in [2.45, 2.75) is 18.0 Å². The highest BCUT2D eigenvalue weighted by Crippen LogP contribution is 2.61. The minimum Gasteiger partial charge on any atom is -0.352 e. The average molecular weight is 545 g/mol. The Labute approximate surface area is 233 Å². The molecule has 0 bridgehead atoms. The third-order valence-corrected chi connectivity index (χ3v) is 8.58. The molecule has 0 amide bonds. The second-order valence-corrected chi connectivity index (χ2v) is 10.5. The van der Waals surface area contributed by atoms with Crippen LogP contribution < -0.4 is 4.90 Å². The molecule has 1 saturated heterocycles. The standard InChI is InChI=1S/C33H21FN2O5/c34-25-11-5-4-10-24(25)28-29(30(37)20-13-16-21(17-14-20)36(40)41)35-26-12-6-1-7-19(26)15-18-27(35)33(28)31(38)22-8-2-3-9-23(22)32(33)39/h1-18,27-29H/t27-,28-,29+/m0/s1. The van der Waals surface area contributed by atoms with Crippen LogP contribution in [0, 0.1) is 21.3 Å². The molecule has 0 saturated carbocycles. The van der Waals surface area contributed by atoms with Gasteiger partial charge in [0.1, 0.15) is 17.3 Å². The van der Waals surface area contributed by atoms with Gasteiger partial charge in [-0.2, -0.15) is 0 Å². The molecule has 1 spiro atoms. The number of nitro benzene ring substituents is 1. The molecule has 41 heavy (non-hydrogen) atoms. The number of hydrogen-bond donors (Lipinski definition) is 0. The molecule has 1 fully saturated rings. The highest BCUT2D eigenvalue weighted by atomic mass is 19.1. The zero-order valence-electron chi connectivity index (χ0n) is 21.4. The van der Waals surface area contributed by atoms with Crippen molar-refractivity contribution in [2.75, 3.05) is 4.90 Å². The second kappa shape index (κ2) is 8.89. The summed E-state index contributed by atoms with van der Waals surface area (Å²) in [6, 6.07) is 22.9. The molecule has 7 nitrogen and oxygen atoms in total. The highest BCUT2D eigenvalue weighted by molar-refractivity contribution is 6.32. The Bertz CT molecular complexity index is 1790. The van der Waals surface area contributed by atoms with Gasteiger partial charge >= 0.3 is 0 Å². The van der Waals surface area contributed by atoms with Crippen molar-refractivity contribution < 1.29 is 23.7 Å². The van der Waals surface area contributed by atoms with E-state index in [1.54, 1.807) is 47.4 Å². The van der Waals surface area contributed by atoms with E-state index in [-0.39, 0.29) is 27.9 Å². The van der Waals surface area contributed by atoms with E-state index in [2.05, 4.69) is 0 Å². The van der Waals surface area contributed by atoms with Crippen LogP contribution in [0.3, 0.4) is 0 Å². The second-order valence-electron chi connectivity index (χ2n) is 10.5. The van der Waals surface area contributed by atoms with E-state index in [0.717, 1.165) is 5.56 Å². The molecule has 3 atom stereocenters. The molecule has 3 aliphatic rings. The molecule has 200 valence electrons. The summed E-state index contributed by atoms with van der Waals surface area (Å²) >= 11 is 0. The van der Waals surface area contributed by atoms with Crippen LogP contribution in [-0.4, -0.2) is 34.4 Å². The quantitative estimate of drug-likeness (QED) is 0.134. The Balaban J connectivity index is 1.53. The summed E-state index contributed by atoms with van der Waals surface area (Å²) in [6.07, 6.45) is 3.60. The number of ketones is 3. The van der Waals surface area contributed by atoms with Gasteiger partial charge in [-0.3, -0.25) is 24.5 Å². The van der Waals surface area contributed by atoms with Gasteiger partial charge in [-0.05, 0) is 35.4 Å². The van der Waals surface area contributed by atoms with Gasteiger partial charge in [-0.25, -0.2) is 4.39 Å². The number of hydrogen-bond acceptors (Lipinski definition) is 6. The number of Topliss-reactive ketones (excluding diaryl/α,β-unsaturated/α-hetero) is 3. The Morgan fingerprint density at radius 2 is 1.44 bits per heavy atom. The lowest BCUT2D eigenvalue weighted by Crippen LogP contribution is -2.48. The number of carbonyl (C=O) groups is 3. The number of fused-ring (bicyclic) bond motifs is 5. The van der Waals surface area contributed by atoms with Gasteiger partial charge < -0.3 is 4.90 Å². The first-order valence-electron chi connectivity index (χ1n) is 13.1. The van der Waals surface area contributed by atoms with E-state index in [1.807, 2.05) is 24.3 Å². The van der Waals surface area contributed by atoms with Crippen LogP contribution in [0.2, 0.25) is 0 Å². The Kier molecular flexibility index (Phi) is 5.37. The predicted octanol–water partition coefficient (Wildman–Crippen LogP) is 6.05. The molecular formula is C33H21FN2O5. The SMILES string of the molecule is O=C(c1ccc([N+](=O)[O-])cc1)[C@H]1[C@H](c2ccccc2F)C2(C(=O)c3ccccc3C2=O)[C@@H]2C=Cc3ccccc3N21. The summed E-state index contributed by atoms with van der Waals surface area (Å²) in [5.41, 5.74) is 0.138. The van der Waals surface area contributed by atoms with Gasteiger partial charge in [0.15, 0.2) is 17.3 Å². The van der Waals surface area contributed by atoms with E-state index in [1.165, 1.54) is 42.5 Å². The van der Waals surface area contributed by atoms with Gasteiger partial charge in [0.2, 0.25) is 0 Å². The first-order chi connectivity index (χ1) is 19.9. The molecule has 0 radical (unpaired) electrons. The number of nitrogens with zero attached hydrogens (tertiary/aromatic N) is 2. The summed E-state index contributed by atoms with van der Waals surface area (Å²) in [5, 5.41) is 11.3. The van der Waals surface area contributed by atoms with Crippen LogP contribution >= 0.6 is 0 Å². The normalized spacial score (nSPS) is 21.5. The van der Waals surface area contributed by atoms with E-state index in [0.29, 0.717) is 5.69 Å². The van der Waals surface area contributed by atoms with Crippen molar-refractivity contribution in [3.63, 3.8) is 0 Å². The van der Waals surface area contributed by atoms with Crippen LogP contribution in [0.5, 0.6) is 0 Å². The first kappa shape index (κ1) is 24.8. The Hall–Kier alpha value is -5.24. The van der Waals surface area contributed by atoms with Gasteiger partial charge in [-0.15, -0.1) is 0 Å². The topological polar surface area (TPSA) is 97.6 Å². The Morgan fingerprint density at radius 1 is 0.829 bits per heavy atom. The third-order valence-electron chi connectivity index (χ3n) is 8.58. The molecule has 0 N–H and O–H groups in total. The monoisotopic (exact) mass is 544 g/mol. The fraction of sp³-hybridized carbons (Fsp3) is 0.121. The van der Waals surface area contributed by atoms with E-state index < -0.39 is 51.5 Å². The van der Waals surface area contributed by atoms with E-state index >= 15 is 4.39 Å². The lowest BCUT2D eigenvalue weighted by molar-refractivity contribution is -0.384. The summed E-state index contributed by atoms with van der Waals surface area (Å²) < 4.78 is 15.8. The maximum Gasteiger partial charge on any atom is 0.269 e. The van der Waals surface area contributed by atoms with Gasteiger partial charge in [0.05, 0.1) is 11.0 Å². The maximum atomic E-state index is 15.8. The molecule has 0 unspecified atom stereocenters. The minimum absolute atomic E-state index is 0.0857. The smallest absolute Gasteiger partial charge is 0.269 e. The fourth-order valence-corrected chi connectivity index (χ4v) is 6.91. The van der Waals surface area contributed by atoms with Crippen molar-refractivity contribution in [2.24, 2.45) is 5.41 Å². The molecular weight excluding hydrogens is 523 g/mol. The number of carbonyl (C=O) groups excluding carboxylic acids is 3. The number of rotatable bonds is 4. The van der Waals surface area contributed by atoms with Crippen molar-refractivity contribution in [3.8, 4) is 0 Å².